The summed E-state index contributed by atoms with van der Waals surface area (Å²) in [5.41, 5.74) is 3.33. The van der Waals surface area contributed by atoms with Crippen molar-refractivity contribution in [3.8, 4) is 0 Å². The molecule has 0 aromatic heterocycles. The van der Waals surface area contributed by atoms with E-state index in [0.717, 1.165) is 55.5 Å². The molecule has 1 amide bonds. The van der Waals surface area contributed by atoms with Crippen LogP contribution in [0.4, 0.5) is 11.4 Å². The lowest BCUT2D eigenvalue weighted by Crippen LogP contribution is -3.00. The van der Waals surface area contributed by atoms with Gasteiger partial charge in [0.1, 0.15) is 12.8 Å². The van der Waals surface area contributed by atoms with Crippen LogP contribution in [0.3, 0.4) is 0 Å². The largest absolute Gasteiger partial charge is 1.00 e. The van der Waals surface area contributed by atoms with E-state index >= 15 is 0 Å². The summed E-state index contributed by atoms with van der Waals surface area (Å²) in [6.07, 6.45) is 14.9. The van der Waals surface area contributed by atoms with Crippen molar-refractivity contribution in [1.29, 1.82) is 0 Å². The van der Waals surface area contributed by atoms with E-state index in [-0.39, 0.29) is 51.3 Å². The molecule has 1 heterocycles. The van der Waals surface area contributed by atoms with Crippen LogP contribution in [-0.2, 0) is 19.7 Å². The maximum Gasteiger partial charge on any atom is 0.305 e. The lowest BCUT2D eigenvalue weighted by atomic mass is 9.77. The molecule has 2 aromatic rings. The minimum absolute atomic E-state index is 0. The Morgan fingerprint density at radius 3 is 2.33 bits per heavy atom. The van der Waals surface area contributed by atoms with Crippen LogP contribution in [0.1, 0.15) is 58.4 Å². The van der Waals surface area contributed by atoms with E-state index in [2.05, 4.69) is 68.2 Å². The number of carbonyl (C=O) groups excluding carboxylic acids is 2. The van der Waals surface area contributed by atoms with E-state index in [1.165, 1.54) is 11.3 Å². The third-order valence-corrected chi connectivity index (χ3v) is 7.61. The molecule has 42 heavy (non-hydrogen) atoms. The fraction of sp³-hybridized carbons (Fsp3) is 0.441. The molecule has 0 N–H and O–H groups in total. The molecule has 0 fully saturated rings. The van der Waals surface area contributed by atoms with Gasteiger partial charge in [-0.15, -0.1) is 0 Å². The number of unbranched alkanes of at least 4 members (excludes halogenated alkanes) is 1. The van der Waals surface area contributed by atoms with Crippen molar-refractivity contribution in [2.24, 2.45) is 0 Å². The molecule has 1 aliphatic heterocycles. The second kappa shape index (κ2) is 18.2. The van der Waals surface area contributed by atoms with Crippen molar-refractivity contribution in [1.82, 2.24) is 0 Å². The Bertz CT molecular complexity index is 1230. The van der Waals surface area contributed by atoms with Gasteiger partial charge in [-0.05, 0) is 25.1 Å². The number of halogens is 2. The topological polar surface area (TPSA) is 49.6 Å². The van der Waals surface area contributed by atoms with E-state index in [4.69, 9.17) is 4.74 Å². The molecule has 230 valence electrons. The van der Waals surface area contributed by atoms with Gasteiger partial charge in [-0.1, -0.05) is 55.5 Å². The summed E-state index contributed by atoms with van der Waals surface area (Å²) in [7, 11) is 4.49. The van der Waals surface area contributed by atoms with Crippen molar-refractivity contribution < 1.29 is 57.3 Å². The Morgan fingerprint density at radius 1 is 0.976 bits per heavy atom. The fourth-order valence-electron chi connectivity index (χ4n) is 5.27. The minimum atomic E-state index is -0.122. The molecule has 1 atom stereocenters. The highest BCUT2D eigenvalue weighted by Crippen LogP contribution is 2.38. The molecule has 3 rings (SSSR count). The van der Waals surface area contributed by atoms with Crippen molar-refractivity contribution in [2.75, 3.05) is 45.2 Å². The zero-order chi connectivity index (χ0) is 29.0. The Balaban J connectivity index is 0.00000441. The SMILES string of the molecule is CCOC(=O)CCC[N+](C)(C)CCCC[N+]1=CCC(C)(C=CC=CN(C(C)=O)c2ccccc2)c2ccccc21.[Br-].[Br-]. The predicted molar refractivity (Wildman–Crippen MR) is 164 cm³/mol. The van der Waals surface area contributed by atoms with Gasteiger partial charge < -0.3 is 43.2 Å². The number of quaternary nitrogens is 1. The van der Waals surface area contributed by atoms with Gasteiger partial charge in [0.15, 0.2) is 0 Å². The van der Waals surface area contributed by atoms with E-state index < -0.39 is 0 Å². The van der Waals surface area contributed by atoms with E-state index in [9.17, 15) is 9.59 Å². The Hall–Kier alpha value is -2.55. The van der Waals surface area contributed by atoms with Gasteiger partial charge in [-0.2, -0.15) is 0 Å². The molecule has 1 aliphatic rings. The van der Waals surface area contributed by atoms with Crippen LogP contribution in [-0.4, -0.2) is 67.5 Å². The number of hydrogen-bond acceptors (Lipinski definition) is 3. The Morgan fingerprint density at radius 2 is 1.64 bits per heavy atom. The number of para-hydroxylation sites is 2. The molecule has 8 heteroatoms. The van der Waals surface area contributed by atoms with Crippen molar-refractivity contribution in [2.45, 2.75) is 58.3 Å². The number of allylic oxidation sites excluding steroid dienone is 3. The summed E-state index contributed by atoms with van der Waals surface area (Å²) in [5.74, 6) is -0.113. The first-order valence-corrected chi connectivity index (χ1v) is 14.5. The number of nitrogens with zero attached hydrogens (tertiary/aromatic N) is 3. The van der Waals surface area contributed by atoms with Crippen LogP contribution in [0.15, 0.2) is 79.0 Å². The van der Waals surface area contributed by atoms with Crippen molar-refractivity contribution in [3.63, 3.8) is 0 Å². The second-order valence-corrected chi connectivity index (χ2v) is 11.4. The van der Waals surface area contributed by atoms with Crippen LogP contribution in [0.5, 0.6) is 0 Å². The smallest absolute Gasteiger partial charge is 0.305 e. The molecule has 6 nitrogen and oxygen atoms in total. The molecule has 0 saturated heterocycles. The van der Waals surface area contributed by atoms with Gasteiger partial charge in [0.2, 0.25) is 11.6 Å². The summed E-state index contributed by atoms with van der Waals surface area (Å²) in [4.78, 5) is 25.5. The maximum atomic E-state index is 12.2. The first-order valence-electron chi connectivity index (χ1n) is 14.5. The Labute approximate surface area is 273 Å². The molecule has 2 aromatic carbocycles. The van der Waals surface area contributed by atoms with Gasteiger partial charge in [0.25, 0.3) is 0 Å². The number of benzene rings is 2. The van der Waals surface area contributed by atoms with Crippen molar-refractivity contribution >= 4 is 29.5 Å². The zero-order valence-corrected chi connectivity index (χ0v) is 28.9. The number of ether oxygens (including phenoxy) is 1. The number of anilines is 1. The molecular formula is C34H47Br2N3O3. The molecular weight excluding hydrogens is 658 g/mol. The number of carbonyl (C=O) groups is 2. The minimum Gasteiger partial charge on any atom is -1.00 e. The summed E-state index contributed by atoms with van der Waals surface area (Å²) in [6.45, 7) is 9.22. The van der Waals surface area contributed by atoms with E-state index in [1.54, 1.807) is 11.8 Å². The quantitative estimate of drug-likeness (QED) is 0.0942. The van der Waals surface area contributed by atoms with Crippen LogP contribution in [0.2, 0.25) is 0 Å². The van der Waals surface area contributed by atoms with Gasteiger partial charge >= 0.3 is 5.97 Å². The third-order valence-electron chi connectivity index (χ3n) is 7.61. The third kappa shape index (κ3) is 11.3. The fourth-order valence-corrected chi connectivity index (χ4v) is 5.27. The summed E-state index contributed by atoms with van der Waals surface area (Å²) in [5, 5.41) is 0. The highest BCUT2D eigenvalue weighted by molar-refractivity contribution is 5.93. The number of hydrogen-bond donors (Lipinski definition) is 0. The average Bonchev–Trinajstić information content (AvgIpc) is 2.93. The highest BCUT2D eigenvalue weighted by atomic mass is 79.9. The molecule has 1 unspecified atom stereocenters. The molecule has 0 saturated carbocycles. The predicted octanol–water partition coefficient (Wildman–Crippen LogP) is 0.394. The van der Waals surface area contributed by atoms with Gasteiger partial charge in [0.05, 0.1) is 40.2 Å². The number of esters is 1. The molecule has 0 bridgehead atoms. The molecule has 0 spiro atoms. The van der Waals surface area contributed by atoms with E-state index in [0.29, 0.717) is 13.0 Å². The number of rotatable bonds is 14. The Kier molecular flexibility index (Phi) is 16.2. The summed E-state index contributed by atoms with van der Waals surface area (Å²) < 4.78 is 8.38. The first-order chi connectivity index (χ1) is 19.1. The van der Waals surface area contributed by atoms with Crippen molar-refractivity contribution in [3.05, 3.63) is 84.6 Å². The maximum absolute atomic E-state index is 12.2. The van der Waals surface area contributed by atoms with Crippen LogP contribution in [0, 0.1) is 0 Å². The van der Waals surface area contributed by atoms with E-state index in [1.807, 2.05) is 49.5 Å². The van der Waals surface area contributed by atoms with Crippen LogP contribution in [0.25, 0.3) is 0 Å². The van der Waals surface area contributed by atoms with Crippen LogP contribution < -0.4 is 38.9 Å². The number of fused-ring (bicyclic) bond motifs is 1. The number of amides is 1. The van der Waals surface area contributed by atoms with Gasteiger partial charge in [-0.3, -0.25) is 14.5 Å². The lowest BCUT2D eigenvalue weighted by Gasteiger charge is -2.30. The van der Waals surface area contributed by atoms with Gasteiger partial charge in [0, 0.05) is 61.5 Å². The first kappa shape index (κ1) is 37.5. The van der Waals surface area contributed by atoms with Crippen LogP contribution >= 0.6 is 0 Å². The monoisotopic (exact) mass is 703 g/mol. The molecule has 0 radical (unpaired) electrons. The lowest BCUT2D eigenvalue weighted by molar-refractivity contribution is -0.890. The standard InChI is InChI=1S/C34H47N3O3.2BrH/c1-6-40-33(39)21-16-28-37(4,5)27-15-14-24-35-26-23-34(3,31-19-10-11-20-32(31)35)22-12-13-25-36(29(2)38)30-17-8-7-9-18-30;;/h7-13,17-20,22,25-26H,6,14-16,21,23-24,27-28H2,1-5H3;2*1H/q+2;;/p-2. The normalized spacial score (nSPS) is 16.3. The highest BCUT2D eigenvalue weighted by Gasteiger charge is 2.34. The zero-order valence-electron chi connectivity index (χ0n) is 25.8. The van der Waals surface area contributed by atoms with Gasteiger partial charge in [-0.25, -0.2) is 4.58 Å². The second-order valence-electron chi connectivity index (χ2n) is 11.4. The average molecular weight is 706 g/mol. The summed E-state index contributed by atoms with van der Waals surface area (Å²) in [6, 6.07) is 18.4. The molecule has 0 aliphatic carbocycles. The summed E-state index contributed by atoms with van der Waals surface area (Å²) >= 11 is 0.